The Hall–Kier alpha value is -4.96. The van der Waals surface area contributed by atoms with E-state index >= 15 is 0 Å². The summed E-state index contributed by atoms with van der Waals surface area (Å²) < 4.78 is 11.5. The molecule has 16 heteroatoms. The number of alkyl carbamates (subject to hydrolysis) is 2. The van der Waals surface area contributed by atoms with Gasteiger partial charge in [-0.05, 0) is 61.3 Å². The highest BCUT2D eigenvalue weighted by atomic mass is 32.1. The van der Waals surface area contributed by atoms with E-state index in [1.807, 2.05) is 79.1 Å². The third-order valence-electron chi connectivity index (χ3n) is 10.1. The molecule has 0 spiro atoms. The van der Waals surface area contributed by atoms with Gasteiger partial charge < -0.3 is 45.5 Å². The molecule has 2 aliphatic heterocycles. The number of nitrogens with one attached hydrogen (secondary N) is 3. The SMILES string of the molecule is COC(=O)NC(C(=O)N1CCCC1CN=C(CN)c1ccc(-n2ccc3c(NC(=O)C4CCCN4C(=O)C(NC(=O)OC)C(C)C)csc32)cc1)C(C)C. The number of rotatable bonds is 13. The van der Waals surface area contributed by atoms with Crippen LogP contribution in [0.4, 0.5) is 15.3 Å². The summed E-state index contributed by atoms with van der Waals surface area (Å²) in [5.74, 6) is -1.01. The maximum absolute atomic E-state index is 13.6. The molecule has 5 N–H and O–H groups in total. The topological polar surface area (TPSA) is 190 Å². The number of carbonyl (C=O) groups is 5. The van der Waals surface area contributed by atoms with Gasteiger partial charge in [0.2, 0.25) is 17.7 Å². The normalized spacial score (nSPS) is 18.6. The van der Waals surface area contributed by atoms with E-state index in [9.17, 15) is 24.0 Å². The summed E-state index contributed by atoms with van der Waals surface area (Å²) in [4.78, 5) is 73.4. The van der Waals surface area contributed by atoms with Crippen LogP contribution in [0.3, 0.4) is 0 Å². The molecule has 4 atom stereocenters. The number of hydrogen-bond donors (Lipinski definition) is 4. The number of likely N-dealkylation sites (tertiary alicyclic amines) is 2. The number of nitrogens with zero attached hydrogens (tertiary/aromatic N) is 4. The summed E-state index contributed by atoms with van der Waals surface area (Å²) in [6, 6.07) is 7.64. The lowest BCUT2D eigenvalue weighted by molar-refractivity contribution is -0.139. The number of thiophene rings is 1. The van der Waals surface area contributed by atoms with Crippen LogP contribution >= 0.6 is 11.3 Å². The molecule has 54 heavy (non-hydrogen) atoms. The van der Waals surface area contributed by atoms with Crippen LogP contribution in [0.15, 0.2) is 46.9 Å². The van der Waals surface area contributed by atoms with Crippen molar-refractivity contribution in [2.24, 2.45) is 22.6 Å². The lowest BCUT2D eigenvalue weighted by atomic mass is 10.0. The second kappa shape index (κ2) is 17.9. The molecule has 0 saturated carbocycles. The average Bonchev–Trinajstić information content (AvgIpc) is 3.98. The Bertz CT molecular complexity index is 1850. The molecular weight excluding hydrogens is 713 g/mol. The summed E-state index contributed by atoms with van der Waals surface area (Å²) in [5, 5.41) is 11.1. The van der Waals surface area contributed by atoms with Gasteiger partial charge in [0.15, 0.2) is 0 Å². The number of aromatic nitrogens is 1. The van der Waals surface area contributed by atoms with Crippen LogP contribution in [0.2, 0.25) is 0 Å². The molecule has 0 bridgehead atoms. The maximum atomic E-state index is 13.6. The van der Waals surface area contributed by atoms with Crippen molar-refractivity contribution < 1.29 is 33.4 Å². The van der Waals surface area contributed by atoms with E-state index < -0.39 is 30.3 Å². The number of aliphatic imine (C=N–C) groups is 1. The van der Waals surface area contributed by atoms with E-state index in [1.165, 1.54) is 25.6 Å². The lowest BCUT2D eigenvalue weighted by Crippen LogP contribution is -2.54. The van der Waals surface area contributed by atoms with Crippen molar-refractivity contribution in [3.8, 4) is 5.69 Å². The minimum Gasteiger partial charge on any atom is -0.453 e. The van der Waals surface area contributed by atoms with Crippen molar-refractivity contribution in [1.82, 2.24) is 25.0 Å². The molecule has 0 radical (unpaired) electrons. The fourth-order valence-corrected chi connectivity index (χ4v) is 8.12. The van der Waals surface area contributed by atoms with Gasteiger partial charge in [-0.15, -0.1) is 11.3 Å². The number of carbonyl (C=O) groups excluding carboxylic acids is 5. The zero-order valence-electron chi connectivity index (χ0n) is 31.8. The number of hydrogen-bond acceptors (Lipinski definition) is 10. The second-order valence-corrected chi connectivity index (χ2v) is 15.2. The number of ether oxygens (including phenoxy) is 2. The Morgan fingerprint density at radius 1 is 0.870 bits per heavy atom. The third kappa shape index (κ3) is 8.87. The van der Waals surface area contributed by atoms with Crippen molar-refractivity contribution >= 4 is 62.9 Å². The molecule has 2 saturated heterocycles. The summed E-state index contributed by atoms with van der Waals surface area (Å²) in [6.45, 7) is 9.11. The van der Waals surface area contributed by atoms with Gasteiger partial charge in [0.25, 0.3) is 0 Å². The molecule has 15 nitrogen and oxygen atoms in total. The monoisotopic (exact) mass is 764 g/mol. The standard InChI is InChI=1S/C38H52N8O7S/c1-22(2)31(42-37(50)52-5)34(48)44-16-7-9-26(44)20-40-28(19-39)24-11-13-25(14-12-24)45-18-15-27-29(21-54-36(27)45)41-33(47)30-10-8-17-46(30)35(49)32(23(3)4)43-38(51)53-6/h11-15,18,21-23,26,30-32H,7-10,16-17,19-20,39H2,1-6H3,(H,41,47)(H,42,50)(H,43,51). The fourth-order valence-electron chi connectivity index (χ4n) is 7.12. The van der Waals surface area contributed by atoms with Crippen molar-refractivity contribution in [1.29, 1.82) is 0 Å². The van der Waals surface area contributed by atoms with E-state index in [0.29, 0.717) is 38.2 Å². The number of anilines is 1. The third-order valence-corrected chi connectivity index (χ3v) is 11.1. The number of amides is 5. The van der Waals surface area contributed by atoms with Crippen LogP contribution in [-0.4, -0.2) is 115 Å². The zero-order chi connectivity index (χ0) is 39.1. The molecule has 1 aromatic carbocycles. The van der Waals surface area contributed by atoms with E-state index in [2.05, 4.69) is 16.0 Å². The Kier molecular flexibility index (Phi) is 13.3. The first-order chi connectivity index (χ1) is 25.9. The number of fused-ring (bicyclic) bond motifs is 1. The Balaban J connectivity index is 1.25. The summed E-state index contributed by atoms with van der Waals surface area (Å²) in [6.07, 6.45) is 3.50. The number of methoxy groups -OCH3 is 2. The van der Waals surface area contributed by atoms with E-state index in [-0.39, 0.29) is 42.1 Å². The van der Waals surface area contributed by atoms with Gasteiger partial charge in [0, 0.05) is 42.3 Å². The van der Waals surface area contributed by atoms with E-state index in [4.69, 9.17) is 20.2 Å². The molecule has 0 aliphatic carbocycles. The smallest absolute Gasteiger partial charge is 0.407 e. The quantitative estimate of drug-likeness (QED) is 0.187. The highest BCUT2D eigenvalue weighted by Gasteiger charge is 2.39. The molecule has 5 amide bonds. The Morgan fingerprint density at radius 2 is 1.46 bits per heavy atom. The molecular formula is C38H52N8O7S. The van der Waals surface area contributed by atoms with Crippen molar-refractivity contribution in [3.05, 3.63) is 47.5 Å². The van der Waals surface area contributed by atoms with Gasteiger partial charge in [-0.1, -0.05) is 39.8 Å². The second-order valence-electron chi connectivity index (χ2n) is 14.3. The van der Waals surface area contributed by atoms with Gasteiger partial charge in [0.05, 0.1) is 38.2 Å². The van der Waals surface area contributed by atoms with Gasteiger partial charge in [0.1, 0.15) is 23.0 Å². The number of benzene rings is 1. The first-order valence-electron chi connectivity index (χ1n) is 18.4. The van der Waals surface area contributed by atoms with E-state index in [0.717, 1.165) is 40.0 Å². The summed E-state index contributed by atoms with van der Waals surface area (Å²) >= 11 is 1.50. The predicted molar refractivity (Wildman–Crippen MR) is 208 cm³/mol. The fraction of sp³-hybridized carbons (Fsp3) is 0.526. The van der Waals surface area contributed by atoms with Crippen molar-refractivity contribution in [2.75, 3.05) is 45.7 Å². The first-order valence-corrected chi connectivity index (χ1v) is 19.3. The molecule has 3 aromatic rings. The van der Waals surface area contributed by atoms with Crippen molar-refractivity contribution in [3.63, 3.8) is 0 Å². The van der Waals surface area contributed by atoms with Gasteiger partial charge >= 0.3 is 12.2 Å². The molecule has 2 aliphatic rings. The van der Waals surface area contributed by atoms with Crippen LogP contribution in [-0.2, 0) is 23.9 Å². The minimum atomic E-state index is -0.805. The van der Waals surface area contributed by atoms with Crippen LogP contribution in [0.5, 0.6) is 0 Å². The zero-order valence-corrected chi connectivity index (χ0v) is 32.6. The highest BCUT2D eigenvalue weighted by molar-refractivity contribution is 7.17. The average molecular weight is 765 g/mol. The predicted octanol–water partition coefficient (Wildman–Crippen LogP) is 4.12. The summed E-state index contributed by atoms with van der Waals surface area (Å²) in [7, 11) is 2.53. The van der Waals surface area contributed by atoms with Crippen LogP contribution in [0.25, 0.3) is 15.9 Å². The Labute approximate surface area is 319 Å². The van der Waals surface area contributed by atoms with Crippen LogP contribution in [0, 0.1) is 11.8 Å². The van der Waals surface area contributed by atoms with Crippen LogP contribution in [0.1, 0.15) is 58.9 Å². The highest BCUT2D eigenvalue weighted by Crippen LogP contribution is 2.34. The van der Waals surface area contributed by atoms with Gasteiger partial charge in [-0.25, -0.2) is 9.59 Å². The summed E-state index contributed by atoms with van der Waals surface area (Å²) in [5.41, 5.74) is 9.35. The maximum Gasteiger partial charge on any atom is 0.407 e. The minimum absolute atomic E-state index is 0.0987. The largest absolute Gasteiger partial charge is 0.453 e. The molecule has 2 fully saturated rings. The Morgan fingerprint density at radius 3 is 2.06 bits per heavy atom. The van der Waals surface area contributed by atoms with Crippen LogP contribution < -0.4 is 21.7 Å². The van der Waals surface area contributed by atoms with Crippen molar-refractivity contribution in [2.45, 2.75) is 77.5 Å². The lowest BCUT2D eigenvalue weighted by Gasteiger charge is -2.30. The van der Waals surface area contributed by atoms with Gasteiger partial charge in [-0.3, -0.25) is 19.4 Å². The van der Waals surface area contributed by atoms with E-state index in [1.54, 1.807) is 4.90 Å². The molecule has 4 heterocycles. The molecule has 2 aromatic heterocycles. The van der Waals surface area contributed by atoms with Gasteiger partial charge in [-0.2, -0.15) is 0 Å². The first kappa shape index (κ1) is 40.2. The molecule has 4 unspecified atom stereocenters. The molecule has 5 rings (SSSR count). The number of nitrogens with two attached hydrogens (primary N) is 1. The molecule has 292 valence electrons.